The third-order valence-electron chi connectivity index (χ3n) is 3.29. The van der Waals surface area contributed by atoms with Gasteiger partial charge in [0.15, 0.2) is 0 Å². The van der Waals surface area contributed by atoms with Crippen LogP contribution < -0.4 is 5.32 Å². The molecule has 0 spiro atoms. The van der Waals surface area contributed by atoms with Crippen LogP contribution in [0.15, 0.2) is 0 Å². The summed E-state index contributed by atoms with van der Waals surface area (Å²) in [6.45, 7) is 10.7. The zero-order valence-corrected chi connectivity index (χ0v) is 13.4. The number of carboxylic acids is 1. The van der Waals surface area contributed by atoms with Crippen LogP contribution in [-0.2, 0) is 14.3 Å². The van der Waals surface area contributed by atoms with Crippen LogP contribution in [0.1, 0.15) is 53.9 Å². The highest BCUT2D eigenvalue weighted by Gasteiger charge is 2.24. The molecule has 0 aliphatic carbocycles. The summed E-state index contributed by atoms with van der Waals surface area (Å²) in [5, 5.41) is 11.6. The number of hydrogen-bond acceptors (Lipinski definition) is 3. The van der Waals surface area contributed by atoms with E-state index in [0.717, 1.165) is 6.42 Å². The van der Waals surface area contributed by atoms with E-state index in [2.05, 4.69) is 26.1 Å². The first kappa shape index (κ1) is 18.9. The lowest BCUT2D eigenvalue weighted by Gasteiger charge is -2.30. The quantitative estimate of drug-likeness (QED) is 0.683. The van der Waals surface area contributed by atoms with E-state index in [4.69, 9.17) is 9.84 Å². The zero-order chi connectivity index (χ0) is 15.8. The summed E-state index contributed by atoms with van der Waals surface area (Å²) in [5.74, 6) is -0.622. The number of amides is 1. The predicted molar refractivity (Wildman–Crippen MR) is 78.5 cm³/mol. The minimum atomic E-state index is -0.770. The van der Waals surface area contributed by atoms with Crippen molar-refractivity contribution in [3.63, 3.8) is 0 Å². The van der Waals surface area contributed by atoms with Gasteiger partial charge in [-0.2, -0.15) is 0 Å². The molecule has 0 saturated heterocycles. The molecule has 1 unspecified atom stereocenters. The van der Waals surface area contributed by atoms with Crippen LogP contribution in [0.4, 0.5) is 0 Å². The van der Waals surface area contributed by atoms with Crippen LogP contribution in [0, 0.1) is 11.3 Å². The van der Waals surface area contributed by atoms with E-state index >= 15 is 0 Å². The Balaban J connectivity index is 4.07. The van der Waals surface area contributed by atoms with Gasteiger partial charge in [0, 0.05) is 13.0 Å². The molecule has 0 saturated carbocycles. The van der Waals surface area contributed by atoms with Crippen molar-refractivity contribution in [3.8, 4) is 0 Å². The van der Waals surface area contributed by atoms with Crippen LogP contribution in [0.25, 0.3) is 0 Å². The summed E-state index contributed by atoms with van der Waals surface area (Å²) in [6.07, 6.45) is 1.63. The fourth-order valence-corrected chi connectivity index (χ4v) is 1.99. The van der Waals surface area contributed by atoms with Crippen molar-refractivity contribution in [3.05, 3.63) is 0 Å². The fourth-order valence-electron chi connectivity index (χ4n) is 1.99. The van der Waals surface area contributed by atoms with E-state index in [0.29, 0.717) is 13.0 Å². The van der Waals surface area contributed by atoms with E-state index in [1.807, 2.05) is 13.8 Å². The van der Waals surface area contributed by atoms with Crippen molar-refractivity contribution in [1.82, 2.24) is 5.32 Å². The Bertz CT molecular complexity index is 307. The third-order valence-corrected chi connectivity index (χ3v) is 3.29. The first-order valence-corrected chi connectivity index (χ1v) is 7.23. The highest BCUT2D eigenvalue weighted by Crippen LogP contribution is 2.32. The molecule has 0 aromatic carbocycles. The summed E-state index contributed by atoms with van der Waals surface area (Å²) in [5.41, 5.74) is 0.0363. The maximum atomic E-state index is 11.5. The van der Waals surface area contributed by atoms with Crippen LogP contribution in [0.5, 0.6) is 0 Å². The smallest absolute Gasteiger partial charge is 0.303 e. The Labute approximate surface area is 122 Å². The molecule has 118 valence electrons. The van der Waals surface area contributed by atoms with Gasteiger partial charge in [-0.05, 0) is 38.0 Å². The third kappa shape index (κ3) is 9.78. The van der Waals surface area contributed by atoms with E-state index in [1.54, 1.807) is 0 Å². The Morgan fingerprint density at radius 3 is 2.25 bits per heavy atom. The van der Waals surface area contributed by atoms with Gasteiger partial charge in [-0.25, -0.2) is 0 Å². The zero-order valence-electron chi connectivity index (χ0n) is 13.4. The van der Waals surface area contributed by atoms with E-state index < -0.39 is 5.97 Å². The van der Waals surface area contributed by atoms with Crippen LogP contribution in [0.2, 0.25) is 0 Å². The summed E-state index contributed by atoms with van der Waals surface area (Å²) in [4.78, 5) is 22.2. The summed E-state index contributed by atoms with van der Waals surface area (Å²) in [7, 11) is 0. The molecule has 0 rings (SSSR count). The Hall–Kier alpha value is -1.10. The molecule has 0 aliphatic heterocycles. The Morgan fingerprint density at radius 1 is 1.20 bits per heavy atom. The molecule has 20 heavy (non-hydrogen) atoms. The van der Waals surface area contributed by atoms with Gasteiger partial charge < -0.3 is 15.2 Å². The lowest BCUT2D eigenvalue weighted by molar-refractivity contribution is -0.137. The fraction of sp³-hybridized carbons (Fsp3) is 0.867. The lowest BCUT2D eigenvalue weighted by Crippen LogP contribution is -2.32. The van der Waals surface area contributed by atoms with Crippen molar-refractivity contribution in [2.75, 3.05) is 13.2 Å². The first-order valence-electron chi connectivity index (χ1n) is 7.23. The molecular formula is C15H29NO4. The number of carboxylic acid groups (broad SMARTS) is 1. The largest absolute Gasteiger partial charge is 0.481 e. The maximum absolute atomic E-state index is 11.5. The normalized spacial score (nSPS) is 13.3. The monoisotopic (exact) mass is 287 g/mol. The number of aliphatic carboxylic acids is 1. The van der Waals surface area contributed by atoms with Crippen molar-refractivity contribution >= 4 is 11.9 Å². The molecule has 0 aliphatic rings. The van der Waals surface area contributed by atoms with Gasteiger partial charge in [-0.1, -0.05) is 20.8 Å². The van der Waals surface area contributed by atoms with Gasteiger partial charge in [0.2, 0.25) is 5.91 Å². The van der Waals surface area contributed by atoms with Gasteiger partial charge in [-0.15, -0.1) is 0 Å². The molecule has 0 bridgehead atoms. The standard InChI is InChI=1S/C15H29NO4/c1-11(2)20-10-13(17)16-9-8-12(15(3,4)5)6-7-14(18)19/h11-12H,6-10H2,1-5H3,(H,16,17)(H,18,19). The predicted octanol–water partition coefficient (Wildman–Crippen LogP) is 2.44. The Morgan fingerprint density at radius 2 is 1.80 bits per heavy atom. The minimum Gasteiger partial charge on any atom is -0.481 e. The average Bonchev–Trinajstić information content (AvgIpc) is 2.28. The van der Waals surface area contributed by atoms with Gasteiger partial charge in [0.25, 0.3) is 0 Å². The van der Waals surface area contributed by atoms with Crippen LogP contribution in [0.3, 0.4) is 0 Å². The molecule has 0 heterocycles. The Kier molecular flexibility index (Phi) is 8.46. The molecule has 5 nitrogen and oxygen atoms in total. The summed E-state index contributed by atoms with van der Waals surface area (Å²) < 4.78 is 5.22. The van der Waals surface area contributed by atoms with Crippen LogP contribution >= 0.6 is 0 Å². The number of nitrogens with one attached hydrogen (secondary N) is 1. The van der Waals surface area contributed by atoms with E-state index in [9.17, 15) is 9.59 Å². The SMILES string of the molecule is CC(C)OCC(=O)NCCC(CCC(=O)O)C(C)(C)C. The van der Waals surface area contributed by atoms with Gasteiger partial charge in [0.1, 0.15) is 6.61 Å². The molecule has 1 atom stereocenters. The molecule has 0 fully saturated rings. The number of ether oxygens (including phenoxy) is 1. The highest BCUT2D eigenvalue weighted by molar-refractivity contribution is 5.77. The molecular weight excluding hydrogens is 258 g/mol. The average molecular weight is 287 g/mol. The lowest BCUT2D eigenvalue weighted by atomic mass is 9.76. The molecule has 0 aromatic rings. The number of rotatable bonds is 9. The second-order valence-electron chi connectivity index (χ2n) is 6.49. The summed E-state index contributed by atoms with van der Waals surface area (Å²) in [6, 6.07) is 0. The van der Waals surface area contributed by atoms with Gasteiger partial charge in [0.05, 0.1) is 6.10 Å². The molecule has 2 N–H and O–H groups in total. The van der Waals surface area contributed by atoms with E-state index in [1.165, 1.54) is 0 Å². The highest BCUT2D eigenvalue weighted by atomic mass is 16.5. The van der Waals surface area contributed by atoms with Gasteiger partial charge in [-0.3, -0.25) is 9.59 Å². The van der Waals surface area contributed by atoms with Crippen LogP contribution in [-0.4, -0.2) is 36.2 Å². The molecule has 0 radical (unpaired) electrons. The topological polar surface area (TPSA) is 75.6 Å². The molecule has 5 heteroatoms. The second-order valence-corrected chi connectivity index (χ2v) is 6.49. The molecule has 0 aromatic heterocycles. The van der Waals surface area contributed by atoms with Crippen molar-refractivity contribution in [2.24, 2.45) is 11.3 Å². The number of carbonyl (C=O) groups excluding carboxylic acids is 1. The van der Waals surface area contributed by atoms with Crippen molar-refractivity contribution < 1.29 is 19.4 Å². The minimum absolute atomic E-state index is 0.0363. The number of hydrogen-bond donors (Lipinski definition) is 2. The van der Waals surface area contributed by atoms with Crippen molar-refractivity contribution in [2.45, 2.75) is 60.0 Å². The van der Waals surface area contributed by atoms with Crippen molar-refractivity contribution in [1.29, 1.82) is 0 Å². The van der Waals surface area contributed by atoms with Gasteiger partial charge >= 0.3 is 5.97 Å². The summed E-state index contributed by atoms with van der Waals surface area (Å²) >= 11 is 0. The molecule has 1 amide bonds. The maximum Gasteiger partial charge on any atom is 0.303 e. The van der Waals surface area contributed by atoms with E-state index in [-0.39, 0.29) is 36.4 Å². The first-order chi connectivity index (χ1) is 9.12. The second kappa shape index (κ2) is 8.95. The number of carbonyl (C=O) groups is 2.